The highest BCUT2D eigenvalue weighted by atomic mass is 16.5. The highest BCUT2D eigenvalue weighted by molar-refractivity contribution is 5.44. The highest BCUT2D eigenvalue weighted by Gasteiger charge is 2.30. The molecule has 2 aliphatic rings. The average Bonchev–Trinajstić information content (AvgIpc) is 3.39. The SMILES string of the molecule is COc1ccc(C(c2ccc(OCCN3CCCC3)cc2)C2CCCc3ccccc32)cc1. The summed E-state index contributed by atoms with van der Waals surface area (Å²) in [4.78, 5) is 2.49. The van der Waals surface area contributed by atoms with E-state index in [1.54, 1.807) is 7.11 Å². The molecule has 1 heterocycles. The number of methoxy groups -OCH3 is 1. The second-order valence-corrected chi connectivity index (χ2v) is 9.41. The van der Waals surface area contributed by atoms with Gasteiger partial charge in [-0.2, -0.15) is 0 Å². The fourth-order valence-corrected chi connectivity index (χ4v) is 5.68. The van der Waals surface area contributed by atoms with E-state index in [-0.39, 0.29) is 0 Å². The molecule has 33 heavy (non-hydrogen) atoms. The van der Waals surface area contributed by atoms with Crippen LogP contribution in [-0.4, -0.2) is 38.3 Å². The lowest BCUT2D eigenvalue weighted by Gasteiger charge is -2.33. The normalized spacial score (nSPS) is 19.1. The molecule has 1 fully saturated rings. The van der Waals surface area contributed by atoms with Crippen LogP contribution in [0.3, 0.4) is 0 Å². The lowest BCUT2D eigenvalue weighted by atomic mass is 9.71. The van der Waals surface area contributed by atoms with Gasteiger partial charge in [0, 0.05) is 12.5 Å². The van der Waals surface area contributed by atoms with E-state index in [2.05, 4.69) is 77.7 Å². The molecule has 1 aliphatic carbocycles. The molecule has 0 N–H and O–H groups in total. The van der Waals surface area contributed by atoms with E-state index in [1.165, 1.54) is 67.4 Å². The number of ether oxygens (including phenoxy) is 2. The summed E-state index contributed by atoms with van der Waals surface area (Å²) in [5.74, 6) is 2.67. The van der Waals surface area contributed by atoms with Gasteiger partial charge in [-0.05, 0) is 97.6 Å². The molecule has 0 radical (unpaired) electrons. The second-order valence-electron chi connectivity index (χ2n) is 9.41. The first-order valence-corrected chi connectivity index (χ1v) is 12.5. The van der Waals surface area contributed by atoms with Crippen molar-refractivity contribution in [2.45, 2.75) is 43.9 Å². The van der Waals surface area contributed by atoms with E-state index < -0.39 is 0 Å². The van der Waals surface area contributed by atoms with Gasteiger partial charge in [0.05, 0.1) is 7.11 Å². The lowest BCUT2D eigenvalue weighted by molar-refractivity contribution is 0.237. The number of hydrogen-bond donors (Lipinski definition) is 0. The Labute approximate surface area is 198 Å². The smallest absolute Gasteiger partial charge is 0.119 e. The molecule has 0 amide bonds. The molecule has 172 valence electrons. The van der Waals surface area contributed by atoms with Crippen LogP contribution in [0.15, 0.2) is 72.8 Å². The Hall–Kier alpha value is -2.78. The number of aryl methyl sites for hydroxylation is 1. The molecule has 0 bridgehead atoms. The van der Waals surface area contributed by atoms with Crippen molar-refractivity contribution in [3.8, 4) is 11.5 Å². The number of hydrogen-bond acceptors (Lipinski definition) is 3. The third-order valence-corrected chi connectivity index (χ3v) is 7.41. The predicted molar refractivity (Wildman–Crippen MR) is 135 cm³/mol. The minimum atomic E-state index is 0.316. The molecule has 0 saturated carbocycles. The molecule has 3 nitrogen and oxygen atoms in total. The standard InChI is InChI=1S/C30H35NO2/c1-32-26-15-11-24(12-16-26)30(29-10-6-8-23-7-2-3-9-28(23)29)25-13-17-27(18-14-25)33-22-21-31-19-4-5-20-31/h2-3,7,9,11-18,29-30H,4-6,8,10,19-22H2,1H3. The number of likely N-dealkylation sites (tertiary alicyclic amines) is 1. The molecule has 2 unspecified atom stereocenters. The first kappa shape index (κ1) is 22.0. The molecule has 3 heteroatoms. The molecule has 1 aliphatic heterocycles. The number of nitrogens with zero attached hydrogens (tertiary/aromatic N) is 1. The zero-order chi connectivity index (χ0) is 22.5. The van der Waals surface area contributed by atoms with Crippen molar-refractivity contribution in [3.63, 3.8) is 0 Å². The number of rotatable bonds is 8. The second kappa shape index (κ2) is 10.4. The van der Waals surface area contributed by atoms with E-state index >= 15 is 0 Å². The van der Waals surface area contributed by atoms with E-state index in [0.717, 1.165) is 24.7 Å². The molecule has 3 aromatic carbocycles. The third-order valence-electron chi connectivity index (χ3n) is 7.41. The minimum absolute atomic E-state index is 0.316. The third kappa shape index (κ3) is 5.09. The van der Waals surface area contributed by atoms with Crippen molar-refractivity contribution < 1.29 is 9.47 Å². The summed E-state index contributed by atoms with van der Waals surface area (Å²) >= 11 is 0. The molecule has 5 rings (SSSR count). The van der Waals surface area contributed by atoms with Crippen molar-refractivity contribution in [2.75, 3.05) is 33.4 Å². The van der Waals surface area contributed by atoms with Gasteiger partial charge in [-0.3, -0.25) is 4.90 Å². The largest absolute Gasteiger partial charge is 0.497 e. The summed E-state index contributed by atoms with van der Waals surface area (Å²) in [6.07, 6.45) is 6.29. The van der Waals surface area contributed by atoms with Crippen LogP contribution in [0, 0.1) is 0 Å². The maximum absolute atomic E-state index is 6.08. The highest BCUT2D eigenvalue weighted by Crippen LogP contribution is 2.45. The lowest BCUT2D eigenvalue weighted by Crippen LogP contribution is -2.25. The Morgan fingerprint density at radius 3 is 2.18 bits per heavy atom. The molecular formula is C30H35NO2. The maximum atomic E-state index is 6.08. The molecule has 0 aromatic heterocycles. The van der Waals surface area contributed by atoms with Gasteiger partial charge in [-0.15, -0.1) is 0 Å². The Bertz CT molecular complexity index is 1020. The maximum Gasteiger partial charge on any atom is 0.119 e. The Morgan fingerprint density at radius 2 is 1.48 bits per heavy atom. The Morgan fingerprint density at radius 1 is 0.818 bits per heavy atom. The van der Waals surface area contributed by atoms with Crippen LogP contribution in [0.25, 0.3) is 0 Å². The van der Waals surface area contributed by atoms with Gasteiger partial charge in [0.1, 0.15) is 18.1 Å². The topological polar surface area (TPSA) is 21.7 Å². The van der Waals surface area contributed by atoms with Gasteiger partial charge in [0.15, 0.2) is 0 Å². The van der Waals surface area contributed by atoms with Crippen molar-refractivity contribution in [1.82, 2.24) is 4.90 Å². The van der Waals surface area contributed by atoms with Crippen LogP contribution in [0.2, 0.25) is 0 Å². The Balaban J connectivity index is 1.39. The quantitative estimate of drug-likeness (QED) is 0.402. The summed E-state index contributed by atoms with van der Waals surface area (Å²) in [7, 11) is 1.73. The van der Waals surface area contributed by atoms with Crippen LogP contribution in [-0.2, 0) is 6.42 Å². The van der Waals surface area contributed by atoms with Gasteiger partial charge in [0.2, 0.25) is 0 Å². The monoisotopic (exact) mass is 441 g/mol. The number of fused-ring (bicyclic) bond motifs is 1. The van der Waals surface area contributed by atoms with Gasteiger partial charge in [0.25, 0.3) is 0 Å². The van der Waals surface area contributed by atoms with Gasteiger partial charge >= 0.3 is 0 Å². The van der Waals surface area contributed by atoms with E-state index in [0.29, 0.717) is 11.8 Å². The van der Waals surface area contributed by atoms with Crippen LogP contribution in [0.5, 0.6) is 11.5 Å². The van der Waals surface area contributed by atoms with Crippen LogP contribution in [0.4, 0.5) is 0 Å². The first-order valence-electron chi connectivity index (χ1n) is 12.5. The molecule has 3 aromatic rings. The van der Waals surface area contributed by atoms with E-state index in [1.807, 2.05) is 0 Å². The van der Waals surface area contributed by atoms with Gasteiger partial charge in [-0.1, -0.05) is 48.5 Å². The number of benzene rings is 3. The van der Waals surface area contributed by atoms with Gasteiger partial charge < -0.3 is 9.47 Å². The van der Waals surface area contributed by atoms with E-state index in [9.17, 15) is 0 Å². The van der Waals surface area contributed by atoms with Crippen molar-refractivity contribution in [2.24, 2.45) is 0 Å². The Kier molecular flexibility index (Phi) is 6.97. The fourth-order valence-electron chi connectivity index (χ4n) is 5.68. The molecule has 1 saturated heterocycles. The summed E-state index contributed by atoms with van der Waals surface area (Å²) in [5.41, 5.74) is 5.72. The van der Waals surface area contributed by atoms with Crippen LogP contribution in [0.1, 0.15) is 59.8 Å². The predicted octanol–water partition coefficient (Wildman–Crippen LogP) is 6.42. The van der Waals surface area contributed by atoms with E-state index in [4.69, 9.17) is 9.47 Å². The summed E-state index contributed by atoms with van der Waals surface area (Å²) in [6.45, 7) is 4.22. The minimum Gasteiger partial charge on any atom is -0.497 e. The molecular weight excluding hydrogens is 406 g/mol. The van der Waals surface area contributed by atoms with Crippen molar-refractivity contribution in [3.05, 3.63) is 95.1 Å². The average molecular weight is 442 g/mol. The van der Waals surface area contributed by atoms with Gasteiger partial charge in [-0.25, -0.2) is 0 Å². The summed E-state index contributed by atoms with van der Waals surface area (Å²) < 4.78 is 11.5. The van der Waals surface area contributed by atoms with Crippen molar-refractivity contribution >= 4 is 0 Å². The fraction of sp³-hybridized carbons (Fsp3) is 0.400. The summed E-state index contributed by atoms with van der Waals surface area (Å²) in [5, 5.41) is 0. The zero-order valence-corrected chi connectivity index (χ0v) is 19.7. The van der Waals surface area contributed by atoms with Crippen LogP contribution >= 0.6 is 0 Å². The zero-order valence-electron chi connectivity index (χ0n) is 19.7. The molecule has 0 spiro atoms. The van der Waals surface area contributed by atoms with Crippen molar-refractivity contribution in [1.29, 1.82) is 0 Å². The summed E-state index contributed by atoms with van der Waals surface area (Å²) in [6, 6.07) is 26.5. The molecule has 2 atom stereocenters. The van der Waals surface area contributed by atoms with Crippen LogP contribution < -0.4 is 9.47 Å². The first-order chi connectivity index (χ1) is 16.3.